The van der Waals surface area contributed by atoms with Gasteiger partial charge < -0.3 is 16.4 Å². The summed E-state index contributed by atoms with van der Waals surface area (Å²) in [6.45, 7) is 4.49. The molecule has 4 N–H and O–H groups in total. The van der Waals surface area contributed by atoms with Crippen molar-refractivity contribution in [3.8, 4) is 0 Å². The van der Waals surface area contributed by atoms with Crippen molar-refractivity contribution < 1.29 is 4.79 Å². The number of nitrogen functional groups attached to an aromatic ring is 1. The molecule has 2 heterocycles. The topological polar surface area (TPSA) is 80.0 Å². The van der Waals surface area contributed by atoms with Crippen molar-refractivity contribution in [3.05, 3.63) is 28.0 Å². The number of hydrogen-bond donors (Lipinski definition) is 3. The third-order valence-electron chi connectivity index (χ3n) is 2.37. The molecule has 0 saturated carbocycles. The predicted molar refractivity (Wildman–Crippen MR) is 80.8 cm³/mol. The zero-order chi connectivity index (χ0) is 13.8. The minimum absolute atomic E-state index is 0.0666. The van der Waals surface area contributed by atoms with E-state index in [1.54, 1.807) is 11.3 Å². The molecule has 102 valence electrons. The largest absolute Gasteiger partial charge is 0.382 e. The van der Waals surface area contributed by atoms with E-state index < -0.39 is 0 Å². The fourth-order valence-corrected chi connectivity index (χ4v) is 2.91. The Labute approximate surface area is 120 Å². The van der Waals surface area contributed by atoms with E-state index in [0.29, 0.717) is 17.1 Å². The molecular weight excluding hydrogens is 280 g/mol. The van der Waals surface area contributed by atoms with Gasteiger partial charge in [0.1, 0.15) is 10.6 Å². The van der Waals surface area contributed by atoms with Crippen LogP contribution in [0.2, 0.25) is 0 Å². The lowest BCUT2D eigenvalue weighted by atomic mass is 10.2. The quantitative estimate of drug-likeness (QED) is 0.792. The first-order valence-corrected chi connectivity index (χ1v) is 7.55. The SMILES string of the molecule is CC(C)NC(=O)c1c(N)nsc1NCc1cccs1. The van der Waals surface area contributed by atoms with Crippen LogP contribution in [0.1, 0.15) is 29.1 Å². The molecule has 0 aliphatic heterocycles. The van der Waals surface area contributed by atoms with Gasteiger partial charge in [-0.3, -0.25) is 4.79 Å². The highest BCUT2D eigenvalue weighted by Crippen LogP contribution is 2.27. The highest BCUT2D eigenvalue weighted by atomic mass is 32.1. The average molecular weight is 296 g/mol. The van der Waals surface area contributed by atoms with Crippen molar-refractivity contribution >= 4 is 39.6 Å². The van der Waals surface area contributed by atoms with Crippen LogP contribution >= 0.6 is 22.9 Å². The molecule has 0 radical (unpaired) electrons. The number of anilines is 2. The van der Waals surface area contributed by atoms with Gasteiger partial charge in [0.2, 0.25) is 0 Å². The summed E-state index contributed by atoms with van der Waals surface area (Å²) in [6, 6.07) is 4.10. The molecule has 2 rings (SSSR count). The molecule has 0 bridgehead atoms. The van der Waals surface area contributed by atoms with E-state index in [0.717, 1.165) is 0 Å². The summed E-state index contributed by atoms with van der Waals surface area (Å²) in [7, 11) is 0. The number of nitrogens with zero attached hydrogens (tertiary/aromatic N) is 1. The van der Waals surface area contributed by atoms with E-state index in [1.807, 2.05) is 31.4 Å². The Kier molecular flexibility index (Phi) is 4.39. The second-order valence-corrected chi connectivity index (χ2v) is 6.14. The lowest BCUT2D eigenvalue weighted by Crippen LogP contribution is -2.30. The first-order chi connectivity index (χ1) is 9.08. The minimum Gasteiger partial charge on any atom is -0.382 e. The first-order valence-electron chi connectivity index (χ1n) is 5.90. The van der Waals surface area contributed by atoms with E-state index in [1.165, 1.54) is 16.4 Å². The average Bonchev–Trinajstić information content (AvgIpc) is 2.94. The third-order valence-corrected chi connectivity index (χ3v) is 4.06. The molecule has 2 aromatic heterocycles. The van der Waals surface area contributed by atoms with Crippen LogP contribution < -0.4 is 16.4 Å². The normalized spacial score (nSPS) is 10.7. The molecule has 0 aliphatic rings. The minimum atomic E-state index is -0.185. The predicted octanol–water partition coefficient (Wildman–Crippen LogP) is 2.54. The van der Waals surface area contributed by atoms with Crippen molar-refractivity contribution in [2.75, 3.05) is 11.1 Å². The lowest BCUT2D eigenvalue weighted by Gasteiger charge is -2.09. The third kappa shape index (κ3) is 3.45. The number of hydrogen-bond acceptors (Lipinski definition) is 6. The molecule has 0 spiro atoms. The van der Waals surface area contributed by atoms with Gasteiger partial charge in [-0.15, -0.1) is 11.3 Å². The zero-order valence-corrected chi connectivity index (χ0v) is 12.4. The van der Waals surface area contributed by atoms with Gasteiger partial charge >= 0.3 is 0 Å². The van der Waals surface area contributed by atoms with Crippen molar-refractivity contribution in [1.82, 2.24) is 9.69 Å². The second-order valence-electron chi connectivity index (χ2n) is 4.33. The molecule has 0 saturated heterocycles. The molecule has 0 unspecified atom stereocenters. The van der Waals surface area contributed by atoms with Crippen molar-refractivity contribution in [2.45, 2.75) is 26.4 Å². The maximum atomic E-state index is 12.1. The number of nitrogens with two attached hydrogens (primary N) is 1. The van der Waals surface area contributed by atoms with Gasteiger partial charge in [-0.05, 0) is 36.8 Å². The number of carbonyl (C=O) groups excluding carboxylic acids is 1. The zero-order valence-electron chi connectivity index (χ0n) is 10.8. The monoisotopic (exact) mass is 296 g/mol. The van der Waals surface area contributed by atoms with Gasteiger partial charge in [-0.2, -0.15) is 4.37 Å². The molecule has 5 nitrogen and oxygen atoms in total. The highest BCUT2D eigenvalue weighted by molar-refractivity contribution is 7.11. The van der Waals surface area contributed by atoms with Gasteiger partial charge in [-0.1, -0.05) is 6.07 Å². The molecule has 0 aromatic carbocycles. The Balaban J connectivity index is 2.10. The Morgan fingerprint density at radius 1 is 1.53 bits per heavy atom. The van der Waals surface area contributed by atoms with Gasteiger partial charge in [0, 0.05) is 10.9 Å². The van der Waals surface area contributed by atoms with Crippen LogP contribution in [0.5, 0.6) is 0 Å². The molecule has 2 aromatic rings. The number of aromatic nitrogens is 1. The van der Waals surface area contributed by atoms with Crippen LogP contribution in [-0.4, -0.2) is 16.3 Å². The number of thiophene rings is 1. The van der Waals surface area contributed by atoms with Crippen molar-refractivity contribution in [2.24, 2.45) is 0 Å². The van der Waals surface area contributed by atoms with Crippen LogP contribution in [0.25, 0.3) is 0 Å². The number of carbonyl (C=O) groups is 1. The maximum Gasteiger partial charge on any atom is 0.258 e. The Bertz CT molecular complexity index is 548. The van der Waals surface area contributed by atoms with Crippen LogP contribution in [0.4, 0.5) is 10.8 Å². The van der Waals surface area contributed by atoms with Gasteiger partial charge in [0.15, 0.2) is 5.82 Å². The summed E-state index contributed by atoms with van der Waals surface area (Å²) in [4.78, 5) is 13.3. The standard InChI is InChI=1S/C12H16N4OS2/c1-7(2)15-11(17)9-10(13)16-19-12(9)14-6-8-4-3-5-18-8/h3-5,7,14H,6H2,1-2H3,(H2,13,16)(H,15,17). The summed E-state index contributed by atoms with van der Waals surface area (Å²) >= 11 is 2.87. The first kappa shape index (κ1) is 13.8. The summed E-state index contributed by atoms with van der Waals surface area (Å²) in [5.41, 5.74) is 6.21. The van der Waals surface area contributed by atoms with Gasteiger partial charge in [0.05, 0.1) is 6.54 Å². The number of nitrogens with one attached hydrogen (secondary N) is 2. The summed E-state index contributed by atoms with van der Waals surface area (Å²) in [6.07, 6.45) is 0. The van der Waals surface area contributed by atoms with Crippen LogP contribution in [0.15, 0.2) is 17.5 Å². The number of amides is 1. The van der Waals surface area contributed by atoms with Crippen LogP contribution in [0, 0.1) is 0 Å². The fraction of sp³-hybridized carbons (Fsp3) is 0.333. The van der Waals surface area contributed by atoms with E-state index >= 15 is 0 Å². The second kappa shape index (κ2) is 6.03. The molecule has 7 heteroatoms. The smallest absolute Gasteiger partial charge is 0.258 e. The number of rotatable bonds is 5. The summed E-state index contributed by atoms with van der Waals surface area (Å²) in [5.74, 6) is 0.0896. The summed E-state index contributed by atoms with van der Waals surface area (Å²) in [5, 5.41) is 8.78. The van der Waals surface area contributed by atoms with Gasteiger partial charge in [-0.25, -0.2) is 0 Å². The Hall–Kier alpha value is -1.60. The highest BCUT2D eigenvalue weighted by Gasteiger charge is 2.19. The fourth-order valence-electron chi connectivity index (χ4n) is 1.56. The van der Waals surface area contributed by atoms with E-state index in [-0.39, 0.29) is 17.8 Å². The molecule has 19 heavy (non-hydrogen) atoms. The van der Waals surface area contributed by atoms with E-state index in [9.17, 15) is 4.79 Å². The summed E-state index contributed by atoms with van der Waals surface area (Å²) < 4.78 is 4.04. The van der Waals surface area contributed by atoms with Crippen LogP contribution in [0.3, 0.4) is 0 Å². The molecule has 1 amide bonds. The van der Waals surface area contributed by atoms with E-state index in [4.69, 9.17) is 5.73 Å². The van der Waals surface area contributed by atoms with E-state index in [2.05, 4.69) is 15.0 Å². The van der Waals surface area contributed by atoms with Gasteiger partial charge in [0.25, 0.3) is 5.91 Å². The molecule has 0 fully saturated rings. The Morgan fingerprint density at radius 2 is 2.32 bits per heavy atom. The van der Waals surface area contributed by atoms with Crippen molar-refractivity contribution in [1.29, 1.82) is 0 Å². The maximum absolute atomic E-state index is 12.1. The van der Waals surface area contributed by atoms with Crippen molar-refractivity contribution in [3.63, 3.8) is 0 Å². The molecular formula is C12H16N4OS2. The molecule has 0 aliphatic carbocycles. The molecule has 0 atom stereocenters. The lowest BCUT2D eigenvalue weighted by molar-refractivity contribution is 0.0945. The Morgan fingerprint density at radius 3 is 2.95 bits per heavy atom. The van der Waals surface area contributed by atoms with Crippen LogP contribution in [-0.2, 0) is 6.54 Å².